The molecule has 16 heavy (non-hydrogen) atoms. The summed E-state index contributed by atoms with van der Waals surface area (Å²) in [7, 11) is 0. The third-order valence-corrected chi connectivity index (χ3v) is 2.14. The Kier molecular flexibility index (Phi) is 5.67. The van der Waals surface area contributed by atoms with Crippen LogP contribution in [0.2, 0.25) is 0 Å². The van der Waals surface area contributed by atoms with E-state index in [1.54, 1.807) is 6.92 Å². The van der Waals surface area contributed by atoms with Gasteiger partial charge in [0, 0.05) is 6.42 Å². The third-order valence-electron chi connectivity index (χ3n) is 2.04. The van der Waals surface area contributed by atoms with Gasteiger partial charge in [0.2, 0.25) is 0 Å². The molecular formula is C11H15ClN2O2. The van der Waals surface area contributed by atoms with E-state index in [0.717, 1.165) is 11.3 Å². The Morgan fingerprint density at radius 2 is 2.31 bits per heavy atom. The van der Waals surface area contributed by atoms with Gasteiger partial charge in [-0.2, -0.15) is 0 Å². The molecule has 0 radical (unpaired) electrons. The lowest BCUT2D eigenvalue weighted by atomic mass is 10.1. The molecule has 0 aliphatic heterocycles. The van der Waals surface area contributed by atoms with E-state index in [1.165, 1.54) is 0 Å². The number of hydrogen-bond acceptors (Lipinski definition) is 4. The topological polar surface area (TPSA) is 50.4 Å². The normalized spacial score (nSPS) is 9.88. The van der Waals surface area contributed by atoms with Gasteiger partial charge in [0.05, 0.1) is 12.3 Å². The Morgan fingerprint density at radius 3 is 3.00 bits per heavy atom. The molecule has 0 amide bonds. The molecule has 1 aromatic carbocycles. The molecule has 1 rings (SSSR count). The molecule has 0 aliphatic rings. The molecular weight excluding hydrogens is 228 g/mol. The fourth-order valence-electron chi connectivity index (χ4n) is 1.34. The average molecular weight is 243 g/mol. The first kappa shape index (κ1) is 12.8. The van der Waals surface area contributed by atoms with E-state index < -0.39 is 0 Å². The van der Waals surface area contributed by atoms with Gasteiger partial charge in [-0.05, 0) is 42.8 Å². The highest BCUT2D eigenvalue weighted by atomic mass is 35.5. The number of benzene rings is 1. The smallest absolute Gasteiger partial charge is 0.306 e. The third kappa shape index (κ3) is 4.51. The van der Waals surface area contributed by atoms with Crippen molar-refractivity contribution in [2.45, 2.75) is 19.8 Å². The first-order chi connectivity index (χ1) is 7.76. The van der Waals surface area contributed by atoms with Gasteiger partial charge in [0.1, 0.15) is 0 Å². The summed E-state index contributed by atoms with van der Waals surface area (Å²) in [5.74, 6) is -0.170. The van der Waals surface area contributed by atoms with Crippen molar-refractivity contribution < 1.29 is 9.53 Å². The number of carbonyl (C=O) groups is 1. The van der Waals surface area contributed by atoms with Gasteiger partial charge < -0.3 is 10.2 Å². The average Bonchev–Trinajstić information content (AvgIpc) is 2.28. The summed E-state index contributed by atoms with van der Waals surface area (Å²) in [6.07, 6.45) is 1.06. The van der Waals surface area contributed by atoms with Crippen molar-refractivity contribution >= 4 is 23.4 Å². The van der Waals surface area contributed by atoms with Crippen LogP contribution in [0.15, 0.2) is 24.3 Å². The molecule has 0 spiro atoms. The van der Waals surface area contributed by atoms with Gasteiger partial charge in [-0.3, -0.25) is 4.79 Å². The highest BCUT2D eigenvalue weighted by Crippen LogP contribution is 2.11. The molecule has 0 aromatic heterocycles. The number of rotatable bonds is 6. The number of hydrazine groups is 1. The van der Waals surface area contributed by atoms with Crippen LogP contribution in [-0.4, -0.2) is 12.6 Å². The van der Waals surface area contributed by atoms with Crippen molar-refractivity contribution in [3.63, 3.8) is 0 Å². The zero-order valence-corrected chi connectivity index (χ0v) is 9.88. The predicted molar refractivity (Wildman–Crippen MR) is 64.0 cm³/mol. The molecule has 0 fully saturated rings. The van der Waals surface area contributed by atoms with E-state index in [0.29, 0.717) is 19.4 Å². The van der Waals surface area contributed by atoms with Crippen LogP contribution in [0.3, 0.4) is 0 Å². The molecule has 88 valence electrons. The van der Waals surface area contributed by atoms with Crippen molar-refractivity contribution in [1.29, 1.82) is 0 Å². The number of carbonyl (C=O) groups excluding carboxylic acids is 1. The monoisotopic (exact) mass is 242 g/mol. The number of esters is 1. The quantitative estimate of drug-likeness (QED) is 0.456. The lowest BCUT2D eigenvalue weighted by molar-refractivity contribution is -0.143. The van der Waals surface area contributed by atoms with Gasteiger partial charge in [0.25, 0.3) is 0 Å². The van der Waals surface area contributed by atoms with E-state index in [9.17, 15) is 4.79 Å². The molecule has 5 heteroatoms. The van der Waals surface area contributed by atoms with Gasteiger partial charge in [0.15, 0.2) is 0 Å². The van der Waals surface area contributed by atoms with Crippen LogP contribution in [0.4, 0.5) is 5.69 Å². The summed E-state index contributed by atoms with van der Waals surface area (Å²) >= 11 is 5.32. The van der Waals surface area contributed by atoms with Crippen LogP contribution in [0.1, 0.15) is 18.9 Å². The number of hydrogen-bond donors (Lipinski definition) is 2. The van der Waals surface area contributed by atoms with Crippen LogP contribution in [-0.2, 0) is 16.0 Å². The number of nitrogens with one attached hydrogen (secondary N) is 2. The molecule has 2 N–H and O–H groups in total. The van der Waals surface area contributed by atoms with E-state index in [2.05, 4.69) is 10.4 Å². The SMILES string of the molecule is CCOC(=O)CCc1cccc(NNCl)c1. The lowest BCUT2D eigenvalue weighted by Gasteiger charge is -2.05. The number of halogens is 1. The zero-order chi connectivity index (χ0) is 11.8. The predicted octanol–water partition coefficient (Wildman–Crippen LogP) is 2.25. The van der Waals surface area contributed by atoms with Crippen LogP contribution >= 0.6 is 11.8 Å². The molecule has 0 saturated carbocycles. The summed E-state index contributed by atoms with van der Waals surface area (Å²) in [5, 5.41) is 0. The Balaban J connectivity index is 2.47. The minimum absolute atomic E-state index is 0.170. The Morgan fingerprint density at radius 1 is 1.50 bits per heavy atom. The second kappa shape index (κ2) is 7.09. The van der Waals surface area contributed by atoms with E-state index >= 15 is 0 Å². The first-order valence-electron chi connectivity index (χ1n) is 5.12. The van der Waals surface area contributed by atoms with Crippen molar-refractivity contribution in [3.8, 4) is 0 Å². The minimum Gasteiger partial charge on any atom is -0.466 e. The second-order valence-corrected chi connectivity index (χ2v) is 3.41. The Labute approximate surface area is 100 Å². The van der Waals surface area contributed by atoms with Crippen LogP contribution < -0.4 is 10.4 Å². The fourth-order valence-corrected chi connectivity index (χ4v) is 1.45. The summed E-state index contributed by atoms with van der Waals surface area (Å²) < 4.78 is 4.85. The molecule has 0 bridgehead atoms. The molecule has 0 saturated heterocycles. The van der Waals surface area contributed by atoms with Crippen molar-refractivity contribution in [2.24, 2.45) is 0 Å². The lowest BCUT2D eigenvalue weighted by Crippen LogP contribution is -2.09. The molecule has 0 heterocycles. The highest BCUT2D eigenvalue weighted by Gasteiger charge is 2.02. The van der Waals surface area contributed by atoms with Gasteiger partial charge in [-0.1, -0.05) is 12.1 Å². The maximum absolute atomic E-state index is 11.2. The summed E-state index contributed by atoms with van der Waals surface area (Å²) in [6.45, 7) is 2.23. The Hall–Kier alpha value is -1.26. The second-order valence-electron chi connectivity index (χ2n) is 3.22. The standard InChI is InChI=1S/C11H15ClN2O2/c1-2-16-11(15)7-6-9-4-3-5-10(8-9)13-14-12/h3-5,8,13-14H,2,6-7H2,1H3. The van der Waals surface area contributed by atoms with E-state index in [1.807, 2.05) is 24.3 Å². The van der Waals surface area contributed by atoms with Gasteiger partial charge in [-0.25, -0.2) is 0 Å². The highest BCUT2D eigenvalue weighted by molar-refractivity contribution is 6.13. The molecule has 4 nitrogen and oxygen atoms in total. The number of anilines is 1. The maximum atomic E-state index is 11.2. The van der Waals surface area contributed by atoms with Crippen molar-refractivity contribution in [3.05, 3.63) is 29.8 Å². The maximum Gasteiger partial charge on any atom is 0.306 e. The minimum atomic E-state index is -0.170. The largest absolute Gasteiger partial charge is 0.466 e. The number of aryl methyl sites for hydroxylation is 1. The molecule has 0 unspecified atom stereocenters. The van der Waals surface area contributed by atoms with E-state index in [4.69, 9.17) is 16.5 Å². The van der Waals surface area contributed by atoms with E-state index in [-0.39, 0.29) is 5.97 Å². The van der Waals surface area contributed by atoms with Crippen molar-refractivity contribution in [2.75, 3.05) is 12.0 Å². The van der Waals surface area contributed by atoms with Gasteiger partial charge >= 0.3 is 5.97 Å². The summed E-state index contributed by atoms with van der Waals surface area (Å²) in [6, 6.07) is 7.66. The molecule has 0 atom stereocenters. The summed E-state index contributed by atoms with van der Waals surface area (Å²) in [4.78, 5) is 13.5. The van der Waals surface area contributed by atoms with Crippen LogP contribution in [0.5, 0.6) is 0 Å². The zero-order valence-electron chi connectivity index (χ0n) is 9.13. The van der Waals surface area contributed by atoms with Crippen molar-refractivity contribution in [1.82, 2.24) is 4.94 Å². The van der Waals surface area contributed by atoms with Crippen LogP contribution in [0.25, 0.3) is 0 Å². The Bertz CT molecular complexity index is 345. The summed E-state index contributed by atoms with van der Waals surface area (Å²) in [5.41, 5.74) is 4.68. The fraction of sp³-hybridized carbons (Fsp3) is 0.364. The number of ether oxygens (including phenoxy) is 1. The first-order valence-corrected chi connectivity index (χ1v) is 5.50. The molecule has 1 aromatic rings. The van der Waals surface area contributed by atoms with Crippen LogP contribution in [0, 0.1) is 0 Å². The van der Waals surface area contributed by atoms with Gasteiger partial charge in [-0.15, -0.1) is 4.94 Å². The molecule has 0 aliphatic carbocycles.